The summed E-state index contributed by atoms with van der Waals surface area (Å²) < 4.78 is 38.9. The minimum atomic E-state index is -1.31. The lowest BCUT2D eigenvalue weighted by Gasteiger charge is -1.99. The summed E-state index contributed by atoms with van der Waals surface area (Å²) in [5.41, 5.74) is 0. The van der Waals surface area contributed by atoms with Gasteiger partial charge in [0.15, 0.2) is 16.0 Å². The van der Waals surface area contributed by atoms with Crippen molar-refractivity contribution in [2.24, 2.45) is 0 Å². The lowest BCUT2D eigenvalue weighted by Crippen LogP contribution is -1.95. The third-order valence-corrected chi connectivity index (χ3v) is 3.31. The number of pyridine rings is 1. The topological polar surface area (TPSA) is 25.8 Å². The van der Waals surface area contributed by atoms with Crippen molar-refractivity contribution in [3.63, 3.8) is 0 Å². The van der Waals surface area contributed by atoms with E-state index >= 15 is 0 Å². The molecule has 2 rings (SSSR count). The first-order valence-corrected chi connectivity index (χ1v) is 5.45. The molecule has 0 saturated heterocycles. The summed E-state index contributed by atoms with van der Waals surface area (Å²) in [5.74, 6) is -3.50. The Balaban J connectivity index is 2.33. The summed E-state index contributed by atoms with van der Waals surface area (Å²) in [4.78, 5) is 7.02. The molecule has 2 aromatic heterocycles. The van der Waals surface area contributed by atoms with Crippen molar-refractivity contribution in [1.82, 2.24) is 9.97 Å². The second-order valence-electron chi connectivity index (χ2n) is 2.45. The van der Waals surface area contributed by atoms with Crippen LogP contribution in [-0.4, -0.2) is 9.97 Å². The van der Waals surface area contributed by atoms with E-state index in [1.807, 2.05) is 0 Å². The average molecular weight is 248 g/mol. The van der Waals surface area contributed by atoms with Gasteiger partial charge in [0.2, 0.25) is 5.95 Å². The Morgan fingerprint density at radius 2 is 2.00 bits per heavy atom. The van der Waals surface area contributed by atoms with Crippen LogP contribution >= 0.6 is 23.1 Å². The van der Waals surface area contributed by atoms with E-state index in [0.29, 0.717) is 10.4 Å². The molecule has 0 aliphatic rings. The van der Waals surface area contributed by atoms with Gasteiger partial charge in [0.05, 0.1) is 0 Å². The number of hydrogen-bond donors (Lipinski definition) is 0. The zero-order valence-electron chi connectivity index (χ0n) is 7.08. The Labute approximate surface area is 91.2 Å². The van der Waals surface area contributed by atoms with Gasteiger partial charge in [-0.15, -0.1) is 11.3 Å². The third kappa shape index (κ3) is 2.29. The van der Waals surface area contributed by atoms with E-state index in [9.17, 15) is 13.2 Å². The van der Waals surface area contributed by atoms with Crippen molar-refractivity contribution in [3.05, 3.63) is 35.2 Å². The number of halogens is 3. The Bertz CT molecular complexity index is 473. The molecule has 2 heterocycles. The van der Waals surface area contributed by atoms with Crippen LogP contribution in [0.2, 0.25) is 0 Å². The van der Waals surface area contributed by atoms with Crippen LogP contribution in [0, 0.1) is 17.6 Å². The highest BCUT2D eigenvalue weighted by Crippen LogP contribution is 2.29. The van der Waals surface area contributed by atoms with E-state index in [-0.39, 0.29) is 5.03 Å². The van der Waals surface area contributed by atoms with E-state index in [4.69, 9.17) is 0 Å². The number of nitrogens with zero attached hydrogens (tertiary/aromatic N) is 2. The molecule has 7 heteroatoms. The minimum Gasteiger partial charge on any atom is -0.238 e. The Morgan fingerprint density at radius 1 is 1.20 bits per heavy atom. The summed E-state index contributed by atoms with van der Waals surface area (Å²) in [7, 11) is 0. The van der Waals surface area contributed by atoms with Gasteiger partial charge in [-0.25, -0.2) is 18.7 Å². The van der Waals surface area contributed by atoms with Gasteiger partial charge in [-0.2, -0.15) is 4.39 Å². The van der Waals surface area contributed by atoms with Gasteiger partial charge >= 0.3 is 0 Å². The van der Waals surface area contributed by atoms with Crippen LogP contribution in [0.1, 0.15) is 0 Å². The predicted octanol–water partition coefficient (Wildman–Crippen LogP) is 3.11. The Hall–Kier alpha value is -1.08. The van der Waals surface area contributed by atoms with Crippen molar-refractivity contribution < 1.29 is 13.2 Å². The first-order chi connectivity index (χ1) is 7.16. The molecule has 2 nitrogen and oxygen atoms in total. The van der Waals surface area contributed by atoms with Gasteiger partial charge in [0.1, 0.15) is 5.03 Å². The lowest BCUT2D eigenvalue weighted by atomic mass is 10.4. The van der Waals surface area contributed by atoms with Crippen LogP contribution in [0.5, 0.6) is 0 Å². The maximum absolute atomic E-state index is 13.1. The molecule has 0 aromatic carbocycles. The second kappa shape index (κ2) is 4.19. The highest BCUT2D eigenvalue weighted by Gasteiger charge is 2.13. The maximum Gasteiger partial charge on any atom is 0.250 e. The smallest absolute Gasteiger partial charge is 0.238 e. The first-order valence-electron chi connectivity index (χ1n) is 3.75. The molecule has 0 atom stereocenters. The van der Waals surface area contributed by atoms with Crippen molar-refractivity contribution in [3.8, 4) is 0 Å². The molecule has 0 aliphatic heterocycles. The van der Waals surface area contributed by atoms with E-state index < -0.39 is 17.6 Å². The highest BCUT2D eigenvalue weighted by molar-refractivity contribution is 8.01. The molecule has 78 valence electrons. The van der Waals surface area contributed by atoms with Crippen LogP contribution in [0.15, 0.2) is 27.0 Å². The zero-order chi connectivity index (χ0) is 10.8. The fourth-order valence-electron chi connectivity index (χ4n) is 0.844. The van der Waals surface area contributed by atoms with E-state index in [0.717, 1.165) is 11.8 Å². The quantitative estimate of drug-likeness (QED) is 0.764. The molecule has 0 radical (unpaired) electrons. The van der Waals surface area contributed by atoms with Gasteiger partial charge in [-0.3, -0.25) is 0 Å². The van der Waals surface area contributed by atoms with Gasteiger partial charge in [-0.1, -0.05) is 0 Å². The SMILES string of the molecule is Fc1cc(F)c(Sc2nccs2)nc1F. The molecule has 0 saturated carbocycles. The molecule has 0 spiro atoms. The largest absolute Gasteiger partial charge is 0.250 e. The number of rotatable bonds is 2. The molecule has 0 aliphatic carbocycles. The Kier molecular flexibility index (Phi) is 2.92. The minimum absolute atomic E-state index is 0.219. The summed E-state index contributed by atoms with van der Waals surface area (Å²) in [6.07, 6.45) is 1.53. The summed E-state index contributed by atoms with van der Waals surface area (Å²) >= 11 is 2.12. The molecule has 15 heavy (non-hydrogen) atoms. The molecule has 2 aromatic rings. The van der Waals surface area contributed by atoms with Crippen molar-refractivity contribution in [1.29, 1.82) is 0 Å². The van der Waals surface area contributed by atoms with Crippen LogP contribution in [-0.2, 0) is 0 Å². The molecule has 0 bridgehead atoms. The first kappa shape index (κ1) is 10.4. The lowest BCUT2D eigenvalue weighted by molar-refractivity contribution is 0.448. The van der Waals surface area contributed by atoms with Gasteiger partial charge in [-0.05, 0) is 11.8 Å². The van der Waals surface area contributed by atoms with Crippen molar-refractivity contribution >= 4 is 23.1 Å². The molecular weight excluding hydrogens is 245 g/mol. The van der Waals surface area contributed by atoms with Crippen molar-refractivity contribution in [2.75, 3.05) is 0 Å². The fourth-order valence-corrected chi connectivity index (χ4v) is 2.36. The average Bonchev–Trinajstić information content (AvgIpc) is 2.67. The van der Waals surface area contributed by atoms with Gasteiger partial charge in [0, 0.05) is 17.6 Å². The van der Waals surface area contributed by atoms with Crippen LogP contribution in [0.3, 0.4) is 0 Å². The van der Waals surface area contributed by atoms with E-state index in [2.05, 4.69) is 9.97 Å². The molecule has 0 fully saturated rings. The van der Waals surface area contributed by atoms with Gasteiger partial charge < -0.3 is 0 Å². The van der Waals surface area contributed by atoms with E-state index in [1.165, 1.54) is 17.5 Å². The van der Waals surface area contributed by atoms with Crippen LogP contribution in [0.4, 0.5) is 13.2 Å². The third-order valence-electron chi connectivity index (χ3n) is 1.45. The summed E-state index contributed by atoms with van der Waals surface area (Å²) in [5, 5.41) is 1.48. The highest BCUT2D eigenvalue weighted by atomic mass is 32.2. The van der Waals surface area contributed by atoms with Crippen LogP contribution in [0.25, 0.3) is 0 Å². The standard InChI is InChI=1S/C8H3F3N2S2/c9-4-3-5(10)7(13-6(4)11)15-8-12-1-2-14-8/h1-3H. The number of hydrogen-bond acceptors (Lipinski definition) is 4. The summed E-state index contributed by atoms with van der Waals surface area (Å²) in [6.45, 7) is 0. The monoisotopic (exact) mass is 248 g/mol. The van der Waals surface area contributed by atoms with E-state index in [1.54, 1.807) is 5.38 Å². The molecule has 0 unspecified atom stereocenters. The normalized spacial score (nSPS) is 10.6. The second-order valence-corrected chi connectivity index (χ2v) is 4.58. The summed E-state index contributed by atoms with van der Waals surface area (Å²) in [6, 6.07) is 0.471. The maximum atomic E-state index is 13.1. The van der Waals surface area contributed by atoms with Gasteiger partial charge in [0.25, 0.3) is 0 Å². The zero-order valence-corrected chi connectivity index (χ0v) is 8.71. The van der Waals surface area contributed by atoms with Crippen molar-refractivity contribution in [2.45, 2.75) is 9.37 Å². The molecular formula is C8H3F3N2S2. The number of thiazole rings is 1. The molecule has 0 N–H and O–H groups in total. The fraction of sp³-hybridized carbons (Fsp3) is 0. The van der Waals surface area contributed by atoms with Crippen LogP contribution < -0.4 is 0 Å². The Morgan fingerprint density at radius 3 is 2.67 bits per heavy atom. The number of aromatic nitrogens is 2. The predicted molar refractivity (Wildman–Crippen MR) is 50.3 cm³/mol. The molecule has 0 amide bonds.